The molecular weight excluding hydrogens is 238 g/mol. The van der Waals surface area contributed by atoms with Crippen molar-refractivity contribution in [2.75, 3.05) is 6.54 Å². The Hall–Kier alpha value is -1.68. The number of aryl methyl sites for hydroxylation is 2. The third kappa shape index (κ3) is 2.40. The normalized spacial score (nSPS) is 20.0. The molecule has 2 aromatic rings. The molecule has 2 aromatic heterocycles. The second-order valence-corrected chi connectivity index (χ2v) is 5.22. The first kappa shape index (κ1) is 12.4. The van der Waals surface area contributed by atoms with E-state index in [1.54, 1.807) is 0 Å². The highest BCUT2D eigenvalue weighted by Crippen LogP contribution is 2.33. The molecule has 1 saturated heterocycles. The van der Waals surface area contributed by atoms with Crippen molar-refractivity contribution < 1.29 is 4.52 Å². The van der Waals surface area contributed by atoms with Gasteiger partial charge < -0.3 is 4.52 Å². The fourth-order valence-corrected chi connectivity index (χ4v) is 2.90. The number of pyridine rings is 1. The van der Waals surface area contributed by atoms with Gasteiger partial charge in [-0.1, -0.05) is 11.2 Å². The average molecular weight is 257 g/mol. The largest absolute Gasteiger partial charge is 0.361 e. The number of nitrogens with zero attached hydrogens (tertiary/aromatic N) is 3. The summed E-state index contributed by atoms with van der Waals surface area (Å²) < 4.78 is 5.26. The molecule has 1 fully saturated rings. The molecule has 0 amide bonds. The number of likely N-dealkylation sites (tertiary alicyclic amines) is 1. The van der Waals surface area contributed by atoms with Crippen molar-refractivity contribution in [3.8, 4) is 0 Å². The summed E-state index contributed by atoms with van der Waals surface area (Å²) in [5.41, 5.74) is 3.55. The summed E-state index contributed by atoms with van der Waals surface area (Å²) >= 11 is 0. The van der Waals surface area contributed by atoms with Crippen LogP contribution in [0.15, 0.2) is 29.0 Å². The van der Waals surface area contributed by atoms with Gasteiger partial charge in [-0.15, -0.1) is 0 Å². The third-order valence-corrected chi connectivity index (χ3v) is 3.98. The van der Waals surface area contributed by atoms with Gasteiger partial charge in [0, 0.05) is 30.5 Å². The Morgan fingerprint density at radius 2 is 2.32 bits per heavy atom. The van der Waals surface area contributed by atoms with Gasteiger partial charge in [0.25, 0.3) is 0 Å². The molecule has 1 atom stereocenters. The first-order chi connectivity index (χ1) is 9.25. The molecule has 1 aliphatic heterocycles. The Morgan fingerprint density at radius 3 is 3.00 bits per heavy atom. The predicted octanol–water partition coefficient (Wildman–Crippen LogP) is 3.02. The van der Waals surface area contributed by atoms with Gasteiger partial charge in [-0.2, -0.15) is 0 Å². The van der Waals surface area contributed by atoms with Crippen LogP contribution in [0.5, 0.6) is 0 Å². The molecule has 3 rings (SSSR count). The Labute approximate surface area is 113 Å². The van der Waals surface area contributed by atoms with E-state index in [1.807, 2.05) is 32.3 Å². The molecule has 19 heavy (non-hydrogen) atoms. The van der Waals surface area contributed by atoms with Crippen LogP contribution in [0.2, 0.25) is 0 Å². The zero-order valence-electron chi connectivity index (χ0n) is 11.5. The maximum absolute atomic E-state index is 5.26. The molecule has 4 heteroatoms. The van der Waals surface area contributed by atoms with Crippen molar-refractivity contribution in [2.24, 2.45) is 0 Å². The average Bonchev–Trinajstić information content (AvgIpc) is 3.02. The van der Waals surface area contributed by atoms with Crippen molar-refractivity contribution >= 4 is 0 Å². The Balaban J connectivity index is 1.81. The van der Waals surface area contributed by atoms with Crippen LogP contribution in [-0.2, 0) is 6.54 Å². The molecule has 0 spiro atoms. The summed E-state index contributed by atoms with van der Waals surface area (Å²) in [4.78, 5) is 6.74. The summed E-state index contributed by atoms with van der Waals surface area (Å²) in [7, 11) is 0. The fourth-order valence-electron chi connectivity index (χ4n) is 2.90. The standard InChI is InChI=1S/C15H19N3O/c1-11-14(12(2)19-17-11)10-18-8-4-6-15(18)13-5-3-7-16-9-13/h3,5,7,9,15H,4,6,8,10H2,1-2H3/t15-/m1/s1. The van der Waals surface area contributed by atoms with E-state index in [0.29, 0.717) is 6.04 Å². The quantitative estimate of drug-likeness (QED) is 0.847. The summed E-state index contributed by atoms with van der Waals surface area (Å²) in [5.74, 6) is 0.939. The predicted molar refractivity (Wildman–Crippen MR) is 72.6 cm³/mol. The highest BCUT2D eigenvalue weighted by Gasteiger charge is 2.27. The summed E-state index contributed by atoms with van der Waals surface area (Å²) in [6.07, 6.45) is 6.26. The van der Waals surface area contributed by atoms with Crippen molar-refractivity contribution in [1.82, 2.24) is 15.0 Å². The van der Waals surface area contributed by atoms with Crippen LogP contribution in [0.25, 0.3) is 0 Å². The lowest BCUT2D eigenvalue weighted by atomic mass is 10.1. The Kier molecular flexibility index (Phi) is 3.34. The summed E-state index contributed by atoms with van der Waals surface area (Å²) in [6.45, 7) is 6.05. The van der Waals surface area contributed by atoms with E-state index in [2.05, 4.69) is 21.1 Å². The van der Waals surface area contributed by atoms with Gasteiger partial charge in [0.15, 0.2) is 0 Å². The van der Waals surface area contributed by atoms with Gasteiger partial charge in [-0.3, -0.25) is 9.88 Å². The molecule has 100 valence electrons. The molecule has 0 aromatic carbocycles. The lowest BCUT2D eigenvalue weighted by molar-refractivity contribution is 0.246. The highest BCUT2D eigenvalue weighted by molar-refractivity contribution is 5.22. The summed E-state index contributed by atoms with van der Waals surface area (Å²) in [5, 5.41) is 4.04. The SMILES string of the molecule is Cc1noc(C)c1CN1CCC[C@@H]1c1cccnc1. The van der Waals surface area contributed by atoms with Crippen LogP contribution in [0.3, 0.4) is 0 Å². The zero-order chi connectivity index (χ0) is 13.2. The van der Waals surface area contributed by atoms with E-state index < -0.39 is 0 Å². The number of aromatic nitrogens is 2. The Bertz CT molecular complexity index is 530. The molecule has 0 radical (unpaired) electrons. The summed E-state index contributed by atoms with van der Waals surface area (Å²) in [6, 6.07) is 4.66. The molecule has 4 nitrogen and oxygen atoms in total. The molecule has 0 aliphatic carbocycles. The Morgan fingerprint density at radius 1 is 1.42 bits per heavy atom. The van der Waals surface area contributed by atoms with Crippen LogP contribution in [0.4, 0.5) is 0 Å². The van der Waals surface area contributed by atoms with Crippen molar-refractivity contribution in [1.29, 1.82) is 0 Å². The van der Waals surface area contributed by atoms with E-state index in [9.17, 15) is 0 Å². The third-order valence-electron chi connectivity index (χ3n) is 3.98. The van der Waals surface area contributed by atoms with Crippen LogP contribution in [0, 0.1) is 13.8 Å². The molecular formula is C15H19N3O. The van der Waals surface area contributed by atoms with Gasteiger partial charge in [-0.05, 0) is 44.9 Å². The van der Waals surface area contributed by atoms with Gasteiger partial charge in [0.05, 0.1) is 5.69 Å². The second kappa shape index (κ2) is 5.13. The molecule has 3 heterocycles. The minimum atomic E-state index is 0.474. The minimum absolute atomic E-state index is 0.474. The van der Waals surface area contributed by atoms with Gasteiger partial charge >= 0.3 is 0 Å². The highest BCUT2D eigenvalue weighted by atomic mass is 16.5. The van der Waals surface area contributed by atoms with Crippen molar-refractivity contribution in [3.05, 3.63) is 47.1 Å². The molecule has 1 aliphatic rings. The number of hydrogen-bond acceptors (Lipinski definition) is 4. The number of hydrogen-bond donors (Lipinski definition) is 0. The maximum Gasteiger partial charge on any atom is 0.138 e. The number of rotatable bonds is 3. The molecule has 0 bridgehead atoms. The zero-order valence-corrected chi connectivity index (χ0v) is 11.5. The maximum atomic E-state index is 5.26. The van der Waals surface area contributed by atoms with Gasteiger partial charge in [0.1, 0.15) is 5.76 Å². The van der Waals surface area contributed by atoms with Crippen LogP contribution < -0.4 is 0 Å². The van der Waals surface area contributed by atoms with Crippen molar-refractivity contribution in [2.45, 2.75) is 39.3 Å². The van der Waals surface area contributed by atoms with E-state index in [4.69, 9.17) is 4.52 Å². The van der Waals surface area contributed by atoms with Crippen LogP contribution >= 0.6 is 0 Å². The first-order valence-electron chi connectivity index (χ1n) is 6.81. The lowest BCUT2D eigenvalue weighted by Crippen LogP contribution is -2.23. The van der Waals surface area contributed by atoms with Gasteiger partial charge in [0.2, 0.25) is 0 Å². The van der Waals surface area contributed by atoms with E-state index in [0.717, 1.165) is 24.5 Å². The van der Waals surface area contributed by atoms with Gasteiger partial charge in [-0.25, -0.2) is 0 Å². The van der Waals surface area contributed by atoms with E-state index in [-0.39, 0.29) is 0 Å². The fraction of sp³-hybridized carbons (Fsp3) is 0.467. The topological polar surface area (TPSA) is 42.2 Å². The second-order valence-electron chi connectivity index (χ2n) is 5.22. The van der Waals surface area contributed by atoms with E-state index in [1.165, 1.54) is 24.0 Å². The van der Waals surface area contributed by atoms with Crippen LogP contribution in [0.1, 0.15) is 41.5 Å². The van der Waals surface area contributed by atoms with E-state index >= 15 is 0 Å². The smallest absolute Gasteiger partial charge is 0.138 e. The molecule has 0 saturated carbocycles. The minimum Gasteiger partial charge on any atom is -0.361 e. The molecule has 0 N–H and O–H groups in total. The first-order valence-corrected chi connectivity index (χ1v) is 6.81. The van der Waals surface area contributed by atoms with Crippen LogP contribution in [-0.4, -0.2) is 21.6 Å². The van der Waals surface area contributed by atoms with Crippen molar-refractivity contribution in [3.63, 3.8) is 0 Å². The lowest BCUT2D eigenvalue weighted by Gasteiger charge is -2.24. The monoisotopic (exact) mass is 257 g/mol. The molecule has 0 unspecified atom stereocenters.